The van der Waals surface area contributed by atoms with Crippen LogP contribution in [0.15, 0.2) is 30.3 Å². The van der Waals surface area contributed by atoms with Crippen molar-refractivity contribution in [2.45, 2.75) is 39.7 Å². The van der Waals surface area contributed by atoms with Gasteiger partial charge in [-0.1, -0.05) is 57.0 Å². The van der Waals surface area contributed by atoms with Crippen LogP contribution in [0.1, 0.15) is 38.7 Å². The molecule has 0 amide bonds. The van der Waals surface area contributed by atoms with Gasteiger partial charge < -0.3 is 4.74 Å². The Morgan fingerprint density at radius 1 is 1.13 bits per heavy atom. The first-order valence-electron chi connectivity index (χ1n) is 5.98. The summed E-state index contributed by atoms with van der Waals surface area (Å²) >= 11 is 0. The Morgan fingerprint density at radius 2 is 1.87 bits per heavy atom. The minimum atomic E-state index is 0.735. The van der Waals surface area contributed by atoms with Crippen molar-refractivity contribution in [1.82, 2.24) is 0 Å². The molecule has 0 saturated heterocycles. The Morgan fingerprint density at radius 3 is 2.47 bits per heavy atom. The molecule has 0 saturated carbocycles. The molecular weight excluding hydrogens is 184 g/mol. The van der Waals surface area contributed by atoms with E-state index >= 15 is 0 Å². The zero-order valence-electron chi connectivity index (χ0n) is 9.91. The molecule has 0 aromatic heterocycles. The summed E-state index contributed by atoms with van der Waals surface area (Å²) in [6.07, 6.45) is 3.77. The highest BCUT2D eigenvalue weighted by molar-refractivity contribution is 5.13. The molecule has 0 aliphatic heterocycles. The lowest BCUT2D eigenvalue weighted by molar-refractivity contribution is 0.0825. The molecule has 0 N–H and O–H groups in total. The van der Waals surface area contributed by atoms with Crippen LogP contribution in [-0.2, 0) is 11.3 Å². The first-order valence-corrected chi connectivity index (χ1v) is 5.98. The second-order valence-corrected chi connectivity index (χ2v) is 4.06. The summed E-state index contributed by atoms with van der Waals surface area (Å²) in [7, 11) is 0. The SMILES string of the molecule is CCC[C@H](CC)COCc1ccccc1. The van der Waals surface area contributed by atoms with E-state index in [1.165, 1.54) is 24.8 Å². The molecule has 0 aliphatic carbocycles. The van der Waals surface area contributed by atoms with Crippen LogP contribution < -0.4 is 0 Å². The van der Waals surface area contributed by atoms with E-state index in [4.69, 9.17) is 4.74 Å². The van der Waals surface area contributed by atoms with E-state index in [2.05, 4.69) is 38.1 Å². The molecule has 0 aliphatic rings. The Labute approximate surface area is 93.5 Å². The quantitative estimate of drug-likeness (QED) is 0.654. The van der Waals surface area contributed by atoms with Gasteiger partial charge in [0.1, 0.15) is 0 Å². The molecule has 1 aromatic carbocycles. The zero-order valence-corrected chi connectivity index (χ0v) is 9.91. The molecular formula is C14H22O. The van der Waals surface area contributed by atoms with Gasteiger partial charge in [-0.25, -0.2) is 0 Å². The number of benzene rings is 1. The van der Waals surface area contributed by atoms with Crippen LogP contribution >= 0.6 is 0 Å². The predicted octanol–water partition coefficient (Wildman–Crippen LogP) is 4.03. The van der Waals surface area contributed by atoms with Crippen LogP contribution in [0.3, 0.4) is 0 Å². The minimum Gasteiger partial charge on any atom is -0.376 e. The fraction of sp³-hybridized carbons (Fsp3) is 0.571. The maximum Gasteiger partial charge on any atom is 0.0717 e. The average molecular weight is 206 g/mol. The minimum absolute atomic E-state index is 0.735. The molecule has 0 radical (unpaired) electrons. The molecule has 0 bridgehead atoms. The van der Waals surface area contributed by atoms with Gasteiger partial charge in [0.15, 0.2) is 0 Å². The van der Waals surface area contributed by atoms with Crippen LogP contribution in [0.25, 0.3) is 0 Å². The number of rotatable bonds is 7. The van der Waals surface area contributed by atoms with Gasteiger partial charge >= 0.3 is 0 Å². The van der Waals surface area contributed by atoms with E-state index in [0.29, 0.717) is 0 Å². The lowest BCUT2D eigenvalue weighted by Crippen LogP contribution is -2.08. The average Bonchev–Trinajstić information content (AvgIpc) is 2.29. The normalized spacial score (nSPS) is 12.7. The third-order valence-electron chi connectivity index (χ3n) is 2.74. The predicted molar refractivity (Wildman–Crippen MR) is 64.8 cm³/mol. The van der Waals surface area contributed by atoms with Gasteiger partial charge in [-0.2, -0.15) is 0 Å². The summed E-state index contributed by atoms with van der Waals surface area (Å²) in [5.41, 5.74) is 1.27. The van der Waals surface area contributed by atoms with Gasteiger partial charge in [0, 0.05) is 6.61 Å². The topological polar surface area (TPSA) is 9.23 Å². The Bertz CT molecular complexity index is 243. The molecule has 1 nitrogen and oxygen atoms in total. The summed E-state index contributed by atoms with van der Waals surface area (Å²) in [5.74, 6) is 0.735. The maximum atomic E-state index is 5.73. The summed E-state index contributed by atoms with van der Waals surface area (Å²) in [5, 5.41) is 0. The second kappa shape index (κ2) is 7.47. The molecule has 1 atom stereocenters. The summed E-state index contributed by atoms with van der Waals surface area (Å²) < 4.78 is 5.73. The van der Waals surface area contributed by atoms with Crippen molar-refractivity contribution >= 4 is 0 Å². The lowest BCUT2D eigenvalue weighted by Gasteiger charge is -2.13. The highest BCUT2D eigenvalue weighted by atomic mass is 16.5. The first-order chi connectivity index (χ1) is 7.36. The monoisotopic (exact) mass is 206 g/mol. The van der Waals surface area contributed by atoms with E-state index in [-0.39, 0.29) is 0 Å². The van der Waals surface area contributed by atoms with Gasteiger partial charge in [-0.3, -0.25) is 0 Å². The van der Waals surface area contributed by atoms with Gasteiger partial charge in [-0.15, -0.1) is 0 Å². The van der Waals surface area contributed by atoms with Crippen LogP contribution in [0.4, 0.5) is 0 Å². The number of ether oxygens (including phenoxy) is 1. The van der Waals surface area contributed by atoms with Crippen molar-refractivity contribution in [3.8, 4) is 0 Å². The molecule has 1 aromatic rings. The molecule has 0 spiro atoms. The van der Waals surface area contributed by atoms with Crippen molar-refractivity contribution < 1.29 is 4.74 Å². The van der Waals surface area contributed by atoms with Crippen molar-refractivity contribution in [3.05, 3.63) is 35.9 Å². The molecule has 0 unspecified atom stereocenters. The number of hydrogen-bond acceptors (Lipinski definition) is 1. The first kappa shape index (κ1) is 12.3. The van der Waals surface area contributed by atoms with Crippen molar-refractivity contribution in [2.75, 3.05) is 6.61 Å². The van der Waals surface area contributed by atoms with Crippen molar-refractivity contribution in [2.24, 2.45) is 5.92 Å². The molecule has 0 heterocycles. The van der Waals surface area contributed by atoms with E-state index in [1.807, 2.05) is 6.07 Å². The van der Waals surface area contributed by atoms with Crippen molar-refractivity contribution in [3.63, 3.8) is 0 Å². The molecule has 84 valence electrons. The van der Waals surface area contributed by atoms with E-state index in [1.54, 1.807) is 0 Å². The van der Waals surface area contributed by atoms with Crippen LogP contribution in [-0.4, -0.2) is 6.61 Å². The Hall–Kier alpha value is -0.820. The third kappa shape index (κ3) is 4.98. The van der Waals surface area contributed by atoms with E-state index in [0.717, 1.165) is 19.1 Å². The second-order valence-electron chi connectivity index (χ2n) is 4.06. The van der Waals surface area contributed by atoms with Crippen molar-refractivity contribution in [1.29, 1.82) is 0 Å². The molecule has 0 fully saturated rings. The van der Waals surface area contributed by atoms with E-state index < -0.39 is 0 Å². The van der Waals surface area contributed by atoms with E-state index in [9.17, 15) is 0 Å². The van der Waals surface area contributed by atoms with Gasteiger partial charge in [-0.05, 0) is 17.9 Å². The third-order valence-corrected chi connectivity index (χ3v) is 2.74. The van der Waals surface area contributed by atoms with Gasteiger partial charge in [0.25, 0.3) is 0 Å². The lowest BCUT2D eigenvalue weighted by atomic mass is 10.0. The zero-order chi connectivity index (χ0) is 10.9. The fourth-order valence-corrected chi connectivity index (χ4v) is 1.73. The molecule has 15 heavy (non-hydrogen) atoms. The van der Waals surface area contributed by atoms with Crippen LogP contribution in [0.2, 0.25) is 0 Å². The molecule has 1 rings (SSSR count). The highest BCUT2D eigenvalue weighted by Crippen LogP contribution is 2.12. The summed E-state index contributed by atoms with van der Waals surface area (Å²) in [6, 6.07) is 10.4. The number of hydrogen-bond donors (Lipinski definition) is 0. The fourth-order valence-electron chi connectivity index (χ4n) is 1.73. The Kier molecular flexibility index (Phi) is 6.10. The largest absolute Gasteiger partial charge is 0.376 e. The van der Waals surface area contributed by atoms with Gasteiger partial charge in [0.2, 0.25) is 0 Å². The van der Waals surface area contributed by atoms with Gasteiger partial charge in [0.05, 0.1) is 6.61 Å². The summed E-state index contributed by atoms with van der Waals surface area (Å²) in [4.78, 5) is 0. The smallest absolute Gasteiger partial charge is 0.0717 e. The highest BCUT2D eigenvalue weighted by Gasteiger charge is 2.04. The van der Waals surface area contributed by atoms with Crippen LogP contribution in [0, 0.1) is 5.92 Å². The molecule has 1 heteroatoms. The Balaban J connectivity index is 2.20. The standard InChI is InChI=1S/C14H22O/c1-3-8-13(4-2)11-15-12-14-9-6-5-7-10-14/h5-7,9-10,13H,3-4,8,11-12H2,1-2H3/t13-/m0/s1. The maximum absolute atomic E-state index is 5.73. The summed E-state index contributed by atoms with van der Waals surface area (Å²) in [6.45, 7) is 6.13. The van der Waals surface area contributed by atoms with Crippen LogP contribution in [0.5, 0.6) is 0 Å².